The van der Waals surface area contributed by atoms with Crippen molar-refractivity contribution in [1.29, 1.82) is 0 Å². The van der Waals surface area contributed by atoms with Crippen LogP contribution >= 0.6 is 0 Å². The Morgan fingerprint density at radius 1 is 1.09 bits per heavy atom. The van der Waals surface area contributed by atoms with E-state index in [1.807, 2.05) is 7.11 Å². The summed E-state index contributed by atoms with van der Waals surface area (Å²) in [6.07, 6.45) is 5.46. The SMILES string of the molecule is CCCCCC[Si](C)(C)OC. The molecule has 11 heavy (non-hydrogen) atoms. The summed E-state index contributed by atoms with van der Waals surface area (Å²) in [6.45, 7) is 6.83. The smallest absolute Gasteiger partial charge is 0.186 e. The molecule has 0 unspecified atom stereocenters. The number of hydrogen-bond donors (Lipinski definition) is 0. The zero-order valence-electron chi connectivity index (χ0n) is 8.44. The fourth-order valence-corrected chi connectivity index (χ4v) is 2.39. The molecule has 68 valence electrons. The molecule has 0 aromatic rings. The standard InChI is InChI=1S/C9H22OSi/c1-5-6-7-8-9-11(3,4)10-2/h5-9H2,1-4H3. The third kappa shape index (κ3) is 6.57. The van der Waals surface area contributed by atoms with Gasteiger partial charge in [-0.3, -0.25) is 0 Å². The fourth-order valence-electron chi connectivity index (χ4n) is 1.08. The Hall–Kier alpha value is 0.177. The van der Waals surface area contributed by atoms with E-state index < -0.39 is 8.32 Å². The normalized spacial score (nSPS) is 12.0. The lowest BCUT2D eigenvalue weighted by Crippen LogP contribution is -2.27. The molecule has 0 aliphatic heterocycles. The summed E-state index contributed by atoms with van der Waals surface area (Å²) in [5.41, 5.74) is 0. The van der Waals surface area contributed by atoms with E-state index in [2.05, 4.69) is 20.0 Å². The molecule has 0 aliphatic carbocycles. The second-order valence-corrected chi connectivity index (χ2v) is 8.20. The van der Waals surface area contributed by atoms with Crippen LogP contribution < -0.4 is 0 Å². The minimum Gasteiger partial charge on any atom is -0.420 e. The fraction of sp³-hybridized carbons (Fsp3) is 1.00. The van der Waals surface area contributed by atoms with Crippen molar-refractivity contribution >= 4 is 8.32 Å². The summed E-state index contributed by atoms with van der Waals surface area (Å²) in [6, 6.07) is 1.32. The first-order valence-electron chi connectivity index (χ1n) is 4.67. The third-order valence-electron chi connectivity index (χ3n) is 2.18. The summed E-state index contributed by atoms with van der Waals surface area (Å²) in [5.74, 6) is 0. The molecule has 0 bridgehead atoms. The van der Waals surface area contributed by atoms with Crippen LogP contribution in [0.5, 0.6) is 0 Å². The van der Waals surface area contributed by atoms with E-state index in [4.69, 9.17) is 4.43 Å². The van der Waals surface area contributed by atoms with Crippen molar-refractivity contribution < 1.29 is 4.43 Å². The molecule has 0 aliphatic rings. The van der Waals surface area contributed by atoms with Crippen LogP contribution in [0, 0.1) is 0 Å². The first-order valence-corrected chi connectivity index (χ1v) is 7.79. The lowest BCUT2D eigenvalue weighted by Gasteiger charge is -2.19. The van der Waals surface area contributed by atoms with E-state index in [0.29, 0.717) is 0 Å². The maximum atomic E-state index is 5.46. The van der Waals surface area contributed by atoms with Crippen LogP contribution in [0.25, 0.3) is 0 Å². The van der Waals surface area contributed by atoms with Gasteiger partial charge in [0.25, 0.3) is 0 Å². The van der Waals surface area contributed by atoms with Crippen LogP contribution in [-0.4, -0.2) is 15.4 Å². The number of hydrogen-bond acceptors (Lipinski definition) is 1. The van der Waals surface area contributed by atoms with E-state index in [0.717, 1.165) is 0 Å². The lowest BCUT2D eigenvalue weighted by atomic mass is 10.2. The Morgan fingerprint density at radius 3 is 2.18 bits per heavy atom. The predicted molar refractivity (Wildman–Crippen MR) is 53.4 cm³/mol. The summed E-state index contributed by atoms with van der Waals surface area (Å²) in [7, 11) is 0.626. The lowest BCUT2D eigenvalue weighted by molar-refractivity contribution is 0.401. The molecule has 0 radical (unpaired) electrons. The average Bonchev–Trinajstić information content (AvgIpc) is 1.99. The number of rotatable bonds is 6. The van der Waals surface area contributed by atoms with Crippen molar-refractivity contribution in [3.8, 4) is 0 Å². The van der Waals surface area contributed by atoms with Crippen molar-refractivity contribution in [3.05, 3.63) is 0 Å². The summed E-state index contributed by atoms with van der Waals surface area (Å²) in [4.78, 5) is 0. The zero-order chi connectivity index (χ0) is 8.74. The van der Waals surface area contributed by atoms with E-state index in [9.17, 15) is 0 Å². The summed E-state index contributed by atoms with van der Waals surface area (Å²) >= 11 is 0. The van der Waals surface area contributed by atoms with Crippen molar-refractivity contribution in [2.45, 2.75) is 51.7 Å². The molecule has 0 atom stereocenters. The average molecular weight is 174 g/mol. The van der Waals surface area contributed by atoms with Crippen LogP contribution in [-0.2, 0) is 4.43 Å². The van der Waals surface area contributed by atoms with Gasteiger partial charge in [-0.05, 0) is 19.1 Å². The largest absolute Gasteiger partial charge is 0.420 e. The highest BCUT2D eigenvalue weighted by molar-refractivity contribution is 6.71. The van der Waals surface area contributed by atoms with Gasteiger partial charge in [0.15, 0.2) is 8.32 Å². The van der Waals surface area contributed by atoms with Crippen molar-refractivity contribution in [3.63, 3.8) is 0 Å². The van der Waals surface area contributed by atoms with Gasteiger partial charge in [-0.1, -0.05) is 32.6 Å². The molecule has 0 spiro atoms. The first kappa shape index (κ1) is 11.2. The molecule has 0 aromatic carbocycles. The molecule has 2 heteroatoms. The first-order chi connectivity index (χ1) is 5.12. The maximum Gasteiger partial charge on any atom is 0.186 e. The van der Waals surface area contributed by atoms with E-state index >= 15 is 0 Å². The highest BCUT2D eigenvalue weighted by atomic mass is 28.4. The molecule has 0 amide bonds. The van der Waals surface area contributed by atoms with Crippen molar-refractivity contribution in [2.75, 3.05) is 7.11 Å². The molecular formula is C9H22OSi. The van der Waals surface area contributed by atoms with Crippen LogP contribution in [0.3, 0.4) is 0 Å². The van der Waals surface area contributed by atoms with Crippen molar-refractivity contribution in [1.82, 2.24) is 0 Å². The molecular weight excluding hydrogens is 152 g/mol. The third-order valence-corrected chi connectivity index (χ3v) is 4.85. The zero-order valence-corrected chi connectivity index (χ0v) is 9.44. The minimum absolute atomic E-state index is 1.23. The molecule has 0 aromatic heterocycles. The van der Waals surface area contributed by atoms with Gasteiger partial charge < -0.3 is 4.43 Å². The van der Waals surface area contributed by atoms with Crippen LogP contribution in [0.15, 0.2) is 0 Å². The van der Waals surface area contributed by atoms with Crippen molar-refractivity contribution in [2.24, 2.45) is 0 Å². The van der Waals surface area contributed by atoms with Gasteiger partial charge in [0, 0.05) is 7.11 Å². The molecule has 0 saturated carbocycles. The summed E-state index contributed by atoms with van der Waals surface area (Å²) in [5, 5.41) is 0. The van der Waals surface area contributed by atoms with E-state index in [-0.39, 0.29) is 0 Å². The second kappa shape index (κ2) is 5.78. The molecule has 0 N–H and O–H groups in total. The van der Waals surface area contributed by atoms with E-state index in [1.54, 1.807) is 0 Å². The predicted octanol–water partition coefficient (Wildman–Crippen LogP) is 3.42. The Morgan fingerprint density at radius 2 is 1.73 bits per heavy atom. The van der Waals surface area contributed by atoms with E-state index in [1.165, 1.54) is 31.7 Å². The maximum absolute atomic E-state index is 5.46. The van der Waals surface area contributed by atoms with Crippen LogP contribution in [0.2, 0.25) is 19.1 Å². The van der Waals surface area contributed by atoms with Gasteiger partial charge in [-0.25, -0.2) is 0 Å². The molecule has 0 rings (SSSR count). The highest BCUT2D eigenvalue weighted by Gasteiger charge is 2.18. The second-order valence-electron chi connectivity index (χ2n) is 3.77. The van der Waals surface area contributed by atoms with Crippen LogP contribution in [0.1, 0.15) is 32.6 Å². The Balaban J connectivity index is 3.23. The number of unbranched alkanes of at least 4 members (excludes halogenated alkanes) is 3. The molecule has 0 heterocycles. The Labute approximate surface area is 72.3 Å². The molecule has 1 nitrogen and oxygen atoms in total. The monoisotopic (exact) mass is 174 g/mol. The van der Waals surface area contributed by atoms with Gasteiger partial charge in [0.05, 0.1) is 0 Å². The summed E-state index contributed by atoms with van der Waals surface area (Å²) < 4.78 is 5.46. The topological polar surface area (TPSA) is 9.23 Å². The highest BCUT2D eigenvalue weighted by Crippen LogP contribution is 2.15. The minimum atomic E-state index is -1.23. The Bertz CT molecular complexity index is 91.6. The Kier molecular flexibility index (Phi) is 5.87. The van der Waals surface area contributed by atoms with Gasteiger partial charge in [-0.2, -0.15) is 0 Å². The van der Waals surface area contributed by atoms with Gasteiger partial charge in [-0.15, -0.1) is 0 Å². The van der Waals surface area contributed by atoms with Gasteiger partial charge in [0.2, 0.25) is 0 Å². The van der Waals surface area contributed by atoms with Crippen LogP contribution in [0.4, 0.5) is 0 Å². The molecule has 0 fully saturated rings. The molecule has 0 saturated heterocycles. The quantitative estimate of drug-likeness (QED) is 0.443. The van der Waals surface area contributed by atoms with Gasteiger partial charge in [0.1, 0.15) is 0 Å². The van der Waals surface area contributed by atoms with Gasteiger partial charge >= 0.3 is 0 Å².